The van der Waals surface area contributed by atoms with Crippen molar-refractivity contribution in [3.63, 3.8) is 0 Å². The fourth-order valence-electron chi connectivity index (χ4n) is 2.98. The van der Waals surface area contributed by atoms with Gasteiger partial charge in [0.25, 0.3) is 5.91 Å². The third-order valence-corrected chi connectivity index (χ3v) is 4.37. The van der Waals surface area contributed by atoms with E-state index in [1.807, 2.05) is 25.3 Å². The first kappa shape index (κ1) is 17.8. The van der Waals surface area contributed by atoms with Gasteiger partial charge in [-0.2, -0.15) is 5.10 Å². The molecule has 10 nitrogen and oxygen atoms in total. The van der Waals surface area contributed by atoms with Crippen LogP contribution in [0.2, 0.25) is 0 Å². The first-order chi connectivity index (χ1) is 13.7. The van der Waals surface area contributed by atoms with Crippen molar-refractivity contribution in [1.29, 1.82) is 0 Å². The lowest BCUT2D eigenvalue weighted by Crippen LogP contribution is -2.50. The van der Waals surface area contributed by atoms with Crippen LogP contribution < -0.4 is 9.64 Å². The largest absolute Gasteiger partial charge is 0.453 e. The Morgan fingerprint density at radius 2 is 1.79 bits per heavy atom. The number of amides is 1. The van der Waals surface area contributed by atoms with Crippen molar-refractivity contribution in [1.82, 2.24) is 34.6 Å². The zero-order chi connectivity index (χ0) is 19.3. The number of hydrogen-bond acceptors (Lipinski definition) is 8. The minimum Gasteiger partial charge on any atom is -0.453 e. The van der Waals surface area contributed by atoms with Crippen molar-refractivity contribution in [3.05, 3.63) is 48.8 Å². The summed E-state index contributed by atoms with van der Waals surface area (Å²) in [6.45, 7) is 4.35. The lowest BCUT2D eigenvalue weighted by Gasteiger charge is -2.35. The molecule has 0 atom stereocenters. The van der Waals surface area contributed by atoms with Crippen molar-refractivity contribution in [2.75, 3.05) is 37.7 Å². The zero-order valence-electron chi connectivity index (χ0n) is 15.5. The highest BCUT2D eigenvalue weighted by molar-refractivity contribution is 5.78. The van der Waals surface area contributed by atoms with Crippen LogP contribution in [0.1, 0.15) is 5.82 Å². The van der Waals surface area contributed by atoms with E-state index >= 15 is 0 Å². The molecule has 0 unspecified atom stereocenters. The highest BCUT2D eigenvalue weighted by Gasteiger charge is 2.23. The second kappa shape index (κ2) is 7.99. The van der Waals surface area contributed by atoms with Gasteiger partial charge in [-0.25, -0.2) is 24.6 Å². The van der Waals surface area contributed by atoms with E-state index in [9.17, 15) is 4.79 Å². The first-order valence-electron chi connectivity index (χ1n) is 8.97. The number of hydrogen-bond donors (Lipinski definition) is 0. The summed E-state index contributed by atoms with van der Waals surface area (Å²) >= 11 is 0. The van der Waals surface area contributed by atoms with Crippen molar-refractivity contribution in [2.45, 2.75) is 6.92 Å². The Hall–Kier alpha value is -3.56. The van der Waals surface area contributed by atoms with Gasteiger partial charge in [-0.15, -0.1) is 0 Å². The van der Waals surface area contributed by atoms with E-state index in [-0.39, 0.29) is 18.5 Å². The fourth-order valence-corrected chi connectivity index (χ4v) is 2.98. The Kier molecular flexibility index (Phi) is 5.09. The van der Waals surface area contributed by atoms with Crippen molar-refractivity contribution < 1.29 is 9.53 Å². The molecular weight excluding hydrogens is 360 g/mol. The molecule has 1 amide bonds. The van der Waals surface area contributed by atoms with Crippen LogP contribution in [0.4, 0.5) is 5.82 Å². The Bertz CT molecular complexity index is 924. The number of carbonyl (C=O) groups is 1. The standard InChI is InChI=1S/C18H20N8O2/c1-14-22-15(12-16(23-14)26-7-3-6-21-26)24-8-10-25(11-9-24)17(27)13-28-18-19-4-2-5-20-18/h2-7,12H,8-11,13H2,1H3. The summed E-state index contributed by atoms with van der Waals surface area (Å²) in [4.78, 5) is 33.2. The van der Waals surface area contributed by atoms with Gasteiger partial charge in [0.2, 0.25) is 0 Å². The van der Waals surface area contributed by atoms with Crippen LogP contribution in [0.3, 0.4) is 0 Å². The second-order valence-electron chi connectivity index (χ2n) is 6.27. The number of rotatable bonds is 5. The number of ether oxygens (including phenoxy) is 1. The summed E-state index contributed by atoms with van der Waals surface area (Å²) in [6.07, 6.45) is 6.71. The number of aryl methyl sites for hydroxylation is 1. The summed E-state index contributed by atoms with van der Waals surface area (Å²) in [5, 5.41) is 4.23. The Morgan fingerprint density at radius 3 is 2.50 bits per heavy atom. The molecule has 0 spiro atoms. The van der Waals surface area contributed by atoms with Crippen LogP contribution in [0.15, 0.2) is 43.0 Å². The van der Waals surface area contributed by atoms with E-state index in [1.165, 1.54) is 0 Å². The molecule has 4 rings (SSSR count). The summed E-state index contributed by atoms with van der Waals surface area (Å²) in [5.74, 6) is 2.15. The number of anilines is 1. The summed E-state index contributed by atoms with van der Waals surface area (Å²) in [6, 6.07) is 5.66. The molecule has 1 aliphatic rings. The minimum absolute atomic E-state index is 0.0694. The van der Waals surface area contributed by atoms with Gasteiger partial charge in [-0.1, -0.05) is 0 Å². The molecule has 3 aromatic heterocycles. The SMILES string of the molecule is Cc1nc(N2CCN(C(=O)COc3ncccn3)CC2)cc(-n2cccn2)n1. The first-order valence-corrected chi connectivity index (χ1v) is 8.97. The maximum absolute atomic E-state index is 12.4. The van der Waals surface area contributed by atoms with Crippen LogP contribution in [0, 0.1) is 6.92 Å². The smallest absolute Gasteiger partial charge is 0.316 e. The predicted molar refractivity (Wildman–Crippen MR) is 100 cm³/mol. The summed E-state index contributed by atoms with van der Waals surface area (Å²) in [5.41, 5.74) is 0. The molecule has 10 heteroatoms. The number of carbonyl (C=O) groups excluding carboxylic acids is 1. The van der Waals surface area contributed by atoms with Crippen LogP contribution in [0.5, 0.6) is 6.01 Å². The molecule has 0 N–H and O–H groups in total. The monoisotopic (exact) mass is 380 g/mol. The van der Waals surface area contributed by atoms with Gasteiger partial charge in [0.15, 0.2) is 12.4 Å². The van der Waals surface area contributed by atoms with Gasteiger partial charge >= 0.3 is 6.01 Å². The van der Waals surface area contributed by atoms with Crippen LogP contribution in [0.25, 0.3) is 5.82 Å². The molecule has 0 radical (unpaired) electrons. The van der Waals surface area contributed by atoms with Gasteiger partial charge in [-0.3, -0.25) is 4.79 Å². The van der Waals surface area contributed by atoms with Gasteiger partial charge < -0.3 is 14.5 Å². The molecule has 1 saturated heterocycles. The predicted octanol–water partition coefficient (Wildman–Crippen LogP) is 0.488. The maximum atomic E-state index is 12.4. The maximum Gasteiger partial charge on any atom is 0.316 e. The number of aromatic nitrogens is 6. The van der Waals surface area contributed by atoms with Crippen LogP contribution in [-0.4, -0.2) is 73.3 Å². The van der Waals surface area contributed by atoms with Gasteiger partial charge in [0, 0.05) is 57.0 Å². The lowest BCUT2D eigenvalue weighted by molar-refractivity contribution is -0.133. The second-order valence-corrected chi connectivity index (χ2v) is 6.27. The molecule has 4 heterocycles. The van der Waals surface area contributed by atoms with E-state index in [4.69, 9.17) is 4.74 Å². The van der Waals surface area contributed by atoms with Crippen LogP contribution in [-0.2, 0) is 4.79 Å². The van der Waals surface area contributed by atoms with E-state index < -0.39 is 0 Å². The van der Waals surface area contributed by atoms with E-state index in [0.29, 0.717) is 32.0 Å². The van der Waals surface area contributed by atoms with E-state index in [1.54, 1.807) is 34.2 Å². The number of piperazine rings is 1. The van der Waals surface area contributed by atoms with Crippen LogP contribution >= 0.6 is 0 Å². The lowest BCUT2D eigenvalue weighted by atomic mass is 10.3. The Labute approximate surface area is 161 Å². The molecule has 144 valence electrons. The quantitative estimate of drug-likeness (QED) is 0.630. The normalized spacial score (nSPS) is 14.2. The van der Waals surface area contributed by atoms with E-state index in [2.05, 4.69) is 29.9 Å². The van der Waals surface area contributed by atoms with Gasteiger partial charge in [-0.05, 0) is 19.1 Å². The molecule has 1 aliphatic heterocycles. The molecule has 1 fully saturated rings. The van der Waals surface area contributed by atoms with Gasteiger partial charge in [0.1, 0.15) is 11.6 Å². The average Bonchev–Trinajstić information content (AvgIpc) is 3.27. The minimum atomic E-state index is -0.0804. The molecular formula is C18H20N8O2. The molecule has 28 heavy (non-hydrogen) atoms. The topological polar surface area (TPSA) is 102 Å². The van der Waals surface area contributed by atoms with Gasteiger partial charge in [0.05, 0.1) is 0 Å². The third-order valence-electron chi connectivity index (χ3n) is 4.37. The van der Waals surface area contributed by atoms with Crippen molar-refractivity contribution in [3.8, 4) is 11.8 Å². The van der Waals surface area contributed by atoms with Crippen molar-refractivity contribution >= 4 is 11.7 Å². The molecule has 0 aliphatic carbocycles. The zero-order valence-corrected chi connectivity index (χ0v) is 15.5. The molecule has 0 bridgehead atoms. The summed E-state index contributed by atoms with van der Waals surface area (Å²) in [7, 11) is 0. The molecule has 3 aromatic rings. The third kappa shape index (κ3) is 4.05. The summed E-state index contributed by atoms with van der Waals surface area (Å²) < 4.78 is 7.06. The van der Waals surface area contributed by atoms with E-state index in [0.717, 1.165) is 11.6 Å². The molecule has 0 aromatic carbocycles. The number of nitrogens with zero attached hydrogens (tertiary/aromatic N) is 8. The fraction of sp³-hybridized carbons (Fsp3) is 0.333. The Balaban J connectivity index is 1.36. The average molecular weight is 380 g/mol. The van der Waals surface area contributed by atoms with Crippen molar-refractivity contribution in [2.24, 2.45) is 0 Å². The highest BCUT2D eigenvalue weighted by atomic mass is 16.5. The Morgan fingerprint density at radius 1 is 1.04 bits per heavy atom. The molecule has 0 saturated carbocycles. The highest BCUT2D eigenvalue weighted by Crippen LogP contribution is 2.17.